The van der Waals surface area contributed by atoms with E-state index < -0.39 is 61.1 Å². The second-order valence-corrected chi connectivity index (χ2v) is 16.1. The molecule has 12 nitrogen and oxygen atoms in total. The molecule has 254 valence electrons. The third-order valence-corrected chi connectivity index (χ3v) is 11.0. The van der Waals surface area contributed by atoms with Crippen molar-refractivity contribution < 1.29 is 41.0 Å². The van der Waals surface area contributed by atoms with Gasteiger partial charge in [0, 0.05) is 43.0 Å². The maximum absolute atomic E-state index is 13.9. The van der Waals surface area contributed by atoms with E-state index in [9.17, 15) is 31.5 Å². The van der Waals surface area contributed by atoms with Gasteiger partial charge in [-0.2, -0.15) is 4.31 Å². The van der Waals surface area contributed by atoms with Crippen LogP contribution in [0.3, 0.4) is 0 Å². The number of carbonyl (C=O) groups is 2. The van der Waals surface area contributed by atoms with Crippen LogP contribution >= 0.6 is 0 Å². The monoisotopic (exact) mass is 687 g/mol. The van der Waals surface area contributed by atoms with Crippen molar-refractivity contribution in [2.45, 2.75) is 44.2 Å². The molecule has 1 aromatic heterocycles. The summed E-state index contributed by atoms with van der Waals surface area (Å²) in [4.78, 5) is 29.7. The molecular weight excluding hydrogens is 647 g/mol. The Hall–Kier alpha value is -3.85. The predicted octanol–water partition coefficient (Wildman–Crippen LogP) is 2.52. The highest BCUT2D eigenvalue weighted by molar-refractivity contribution is 7.92. The number of hydrogen-bond donors (Lipinski definition) is 2. The molecule has 2 aromatic carbocycles. The molecule has 3 aromatic rings. The highest BCUT2D eigenvalue weighted by atomic mass is 32.2. The van der Waals surface area contributed by atoms with Crippen LogP contribution in [0, 0.1) is 11.8 Å². The van der Waals surface area contributed by atoms with Crippen molar-refractivity contribution in [3.8, 4) is 11.5 Å². The zero-order valence-corrected chi connectivity index (χ0v) is 28.2. The van der Waals surface area contributed by atoms with Gasteiger partial charge in [0.25, 0.3) is 0 Å². The minimum Gasteiger partial charge on any atom is -0.486 e. The first kappa shape index (κ1) is 36.0. The van der Waals surface area contributed by atoms with Gasteiger partial charge < -0.3 is 19.9 Å². The van der Waals surface area contributed by atoms with Gasteiger partial charge >= 0.3 is 0 Å². The molecule has 4 rings (SSSR count). The summed E-state index contributed by atoms with van der Waals surface area (Å²) in [6.07, 6.45) is 1.55. The van der Waals surface area contributed by atoms with Gasteiger partial charge in [0.2, 0.25) is 15.9 Å². The molecule has 0 saturated heterocycles. The quantitative estimate of drug-likeness (QED) is 0.214. The Labute approximate surface area is 276 Å². The average molecular weight is 688 g/mol. The third kappa shape index (κ3) is 10.1. The summed E-state index contributed by atoms with van der Waals surface area (Å²) in [7, 11) is -8.10. The van der Waals surface area contributed by atoms with Gasteiger partial charge in [-0.15, -0.1) is 0 Å². The minimum absolute atomic E-state index is 0.0293. The molecule has 0 aliphatic carbocycles. The molecule has 1 aliphatic rings. The van der Waals surface area contributed by atoms with Gasteiger partial charge in [-0.1, -0.05) is 51.1 Å². The normalized spacial score (nSPS) is 15.2. The highest BCUT2D eigenvalue weighted by Crippen LogP contribution is 2.33. The molecule has 1 aliphatic heterocycles. The molecule has 0 spiro atoms. The molecule has 0 bridgehead atoms. The van der Waals surface area contributed by atoms with E-state index in [0.717, 1.165) is 5.56 Å². The summed E-state index contributed by atoms with van der Waals surface area (Å²) in [5, 5.41) is 14.3. The minimum atomic E-state index is -4.12. The summed E-state index contributed by atoms with van der Waals surface area (Å²) in [6.45, 7) is 5.50. The number of aliphatic hydroxyl groups is 1. The van der Waals surface area contributed by atoms with E-state index in [2.05, 4.69) is 10.3 Å². The van der Waals surface area contributed by atoms with Crippen LogP contribution in [-0.4, -0.2) is 92.9 Å². The lowest BCUT2D eigenvalue weighted by Gasteiger charge is -2.31. The Kier molecular flexibility index (Phi) is 12.1. The number of Topliss-reactive ketones (excluding diaryl/α,β-unsaturated/α-hetero) is 1. The van der Waals surface area contributed by atoms with Crippen molar-refractivity contribution in [2.75, 3.05) is 37.8 Å². The summed E-state index contributed by atoms with van der Waals surface area (Å²) in [5.74, 6) is -3.05. The zero-order chi connectivity index (χ0) is 34.2. The first-order chi connectivity index (χ1) is 22.2. The molecule has 2 N–H and O–H groups in total. The van der Waals surface area contributed by atoms with Crippen LogP contribution in [0.25, 0.3) is 0 Å². The van der Waals surface area contributed by atoms with Crippen LogP contribution in [0.15, 0.2) is 78.0 Å². The van der Waals surface area contributed by atoms with Crippen LogP contribution in [0.4, 0.5) is 0 Å². The SMILES string of the molecule is CC(C)CN(C[C@@H](O)C(Cc1ccccc1)NC(=O)[C@H](C)CS(=O)(=O)CC(=O)c1ccncc1)S(=O)(=O)c1ccc2c(c1)OCCO2. The maximum atomic E-state index is 13.9. The van der Waals surface area contributed by atoms with Crippen LogP contribution in [0.5, 0.6) is 11.5 Å². The van der Waals surface area contributed by atoms with Crippen molar-refractivity contribution >= 4 is 31.6 Å². The van der Waals surface area contributed by atoms with Gasteiger partial charge in [-0.25, -0.2) is 16.8 Å². The lowest BCUT2D eigenvalue weighted by atomic mass is 10.00. The molecule has 2 heterocycles. The average Bonchev–Trinajstić information content (AvgIpc) is 3.04. The van der Waals surface area contributed by atoms with Crippen molar-refractivity contribution in [3.05, 3.63) is 84.2 Å². The van der Waals surface area contributed by atoms with Crippen LogP contribution in [-0.2, 0) is 31.1 Å². The number of hydrogen-bond acceptors (Lipinski definition) is 10. The topological polar surface area (TPSA) is 169 Å². The molecule has 0 fully saturated rings. The van der Waals surface area contributed by atoms with E-state index in [1.165, 1.54) is 54.0 Å². The number of nitrogens with zero attached hydrogens (tertiary/aromatic N) is 2. The summed E-state index contributed by atoms with van der Waals surface area (Å²) >= 11 is 0. The fourth-order valence-corrected chi connectivity index (χ4v) is 8.39. The third-order valence-electron chi connectivity index (χ3n) is 7.51. The zero-order valence-electron chi connectivity index (χ0n) is 26.6. The molecule has 0 radical (unpaired) electrons. The van der Waals surface area contributed by atoms with E-state index in [1.807, 2.05) is 32.0 Å². The van der Waals surface area contributed by atoms with E-state index in [-0.39, 0.29) is 42.5 Å². The van der Waals surface area contributed by atoms with Crippen LogP contribution in [0.2, 0.25) is 0 Å². The predicted molar refractivity (Wildman–Crippen MR) is 175 cm³/mol. The molecule has 3 atom stereocenters. The molecular formula is C33H41N3O9S2. The largest absolute Gasteiger partial charge is 0.486 e. The van der Waals surface area contributed by atoms with E-state index in [4.69, 9.17) is 9.47 Å². The smallest absolute Gasteiger partial charge is 0.243 e. The second-order valence-electron chi connectivity index (χ2n) is 12.0. The van der Waals surface area contributed by atoms with Gasteiger partial charge in [-0.05, 0) is 42.2 Å². The van der Waals surface area contributed by atoms with Crippen molar-refractivity contribution in [3.63, 3.8) is 0 Å². The van der Waals surface area contributed by atoms with Crippen molar-refractivity contribution in [1.82, 2.24) is 14.6 Å². The number of benzene rings is 2. The number of aromatic nitrogens is 1. The molecule has 1 unspecified atom stereocenters. The number of ether oxygens (including phenoxy) is 2. The van der Waals surface area contributed by atoms with E-state index >= 15 is 0 Å². The summed E-state index contributed by atoms with van der Waals surface area (Å²) in [6, 6.07) is 15.2. The number of rotatable bonds is 16. The number of nitrogens with one attached hydrogen (secondary N) is 1. The van der Waals surface area contributed by atoms with Crippen molar-refractivity contribution in [2.24, 2.45) is 11.8 Å². The number of fused-ring (bicyclic) bond motifs is 1. The summed E-state index contributed by atoms with van der Waals surface area (Å²) < 4.78 is 65.8. The Morgan fingerprint density at radius 1 is 0.915 bits per heavy atom. The number of sulfone groups is 1. The fourth-order valence-electron chi connectivity index (χ4n) is 5.16. The fraction of sp³-hybridized carbons (Fsp3) is 0.424. The number of carbonyl (C=O) groups excluding carboxylic acids is 2. The first-order valence-electron chi connectivity index (χ1n) is 15.3. The molecule has 1 amide bonds. The highest BCUT2D eigenvalue weighted by Gasteiger charge is 2.33. The van der Waals surface area contributed by atoms with Crippen molar-refractivity contribution in [1.29, 1.82) is 0 Å². The Balaban J connectivity index is 1.52. The first-order valence-corrected chi connectivity index (χ1v) is 18.6. The van der Waals surface area contributed by atoms with Gasteiger partial charge in [0.05, 0.1) is 22.8 Å². The lowest BCUT2D eigenvalue weighted by Crippen LogP contribution is -2.52. The Morgan fingerprint density at radius 2 is 1.57 bits per heavy atom. The number of pyridine rings is 1. The van der Waals surface area contributed by atoms with E-state index in [1.54, 1.807) is 12.1 Å². The maximum Gasteiger partial charge on any atom is 0.243 e. The molecule has 47 heavy (non-hydrogen) atoms. The van der Waals surface area contributed by atoms with Crippen LogP contribution in [0.1, 0.15) is 36.7 Å². The second kappa shape index (κ2) is 15.8. The van der Waals surface area contributed by atoms with Gasteiger partial charge in [0.15, 0.2) is 27.1 Å². The van der Waals surface area contributed by atoms with Gasteiger partial charge in [0.1, 0.15) is 19.0 Å². The van der Waals surface area contributed by atoms with Gasteiger partial charge in [-0.3, -0.25) is 14.6 Å². The lowest BCUT2D eigenvalue weighted by molar-refractivity contribution is -0.125. The Bertz CT molecular complexity index is 1740. The summed E-state index contributed by atoms with van der Waals surface area (Å²) in [5.41, 5.74) is 0.967. The number of ketones is 1. The Morgan fingerprint density at radius 3 is 2.23 bits per heavy atom. The molecule has 14 heteroatoms. The number of aliphatic hydroxyl groups excluding tert-OH is 1. The molecule has 0 saturated carbocycles. The number of amides is 1. The van der Waals surface area contributed by atoms with E-state index in [0.29, 0.717) is 18.1 Å². The number of sulfonamides is 1. The standard InChI is InChI=1S/C33H41N3O9S2/c1-23(2)19-36(47(42,43)27-9-10-31-32(18-27)45-16-15-44-31)20-29(37)28(17-25-7-5-4-6-8-25)35-33(39)24(3)21-46(40,41)22-30(38)26-11-13-34-14-12-26/h4-14,18,23-24,28-29,37H,15-17,19-22H2,1-3H3,(H,35,39)/t24-,28?,29-/m1/s1. The van der Waals surface area contributed by atoms with Crippen LogP contribution < -0.4 is 14.8 Å².